The predicted molar refractivity (Wildman–Crippen MR) is 77.2 cm³/mol. The number of anilines is 2. The topological polar surface area (TPSA) is 73.1 Å². The highest BCUT2D eigenvalue weighted by atomic mass is 32.1. The fourth-order valence-electron chi connectivity index (χ4n) is 2.26. The second-order valence-corrected chi connectivity index (χ2v) is 5.45. The summed E-state index contributed by atoms with van der Waals surface area (Å²) in [4.78, 5) is 4.03. The number of nitrogen functional groups attached to an aromatic ring is 1. The van der Waals surface area contributed by atoms with Crippen LogP contribution >= 0.6 is 11.5 Å². The molecule has 1 aliphatic rings. The lowest BCUT2D eigenvalue weighted by molar-refractivity contribution is 0.0329. The first-order valence-corrected chi connectivity index (χ1v) is 7.00. The number of pyridine rings is 1. The number of hydrogen-bond donors (Lipinski definition) is 2. The van der Waals surface area contributed by atoms with Crippen molar-refractivity contribution < 1.29 is 4.74 Å². The van der Waals surface area contributed by atoms with E-state index in [9.17, 15) is 0 Å². The molecule has 3 N–H and O–H groups in total. The maximum Gasteiger partial charge on any atom is 0.147 e. The lowest BCUT2D eigenvalue weighted by Crippen LogP contribution is -2.40. The van der Waals surface area contributed by atoms with Crippen LogP contribution in [0.25, 0.3) is 11.1 Å². The average Bonchev–Trinajstić information content (AvgIpc) is 2.75. The van der Waals surface area contributed by atoms with E-state index in [-0.39, 0.29) is 0 Å². The molecule has 0 atom stereocenters. The van der Waals surface area contributed by atoms with Crippen LogP contribution in [0, 0.1) is 0 Å². The van der Waals surface area contributed by atoms with Crippen molar-refractivity contribution in [2.75, 3.05) is 18.2 Å². The molecular weight excluding hydrogens is 260 g/mol. The Balaban J connectivity index is 1.80. The highest BCUT2D eigenvalue weighted by molar-refractivity contribution is 7.11. The Morgan fingerprint density at radius 3 is 2.79 bits per heavy atom. The monoisotopic (exact) mass is 276 g/mol. The lowest BCUT2D eigenvalue weighted by Gasteiger charge is -2.35. The largest absolute Gasteiger partial charge is 0.382 e. The van der Waals surface area contributed by atoms with E-state index in [1.807, 2.05) is 12.1 Å². The van der Waals surface area contributed by atoms with E-state index in [4.69, 9.17) is 10.5 Å². The van der Waals surface area contributed by atoms with E-state index >= 15 is 0 Å². The van der Waals surface area contributed by atoms with Crippen LogP contribution < -0.4 is 11.1 Å². The zero-order valence-corrected chi connectivity index (χ0v) is 11.5. The highest BCUT2D eigenvalue weighted by Gasteiger charge is 2.30. The van der Waals surface area contributed by atoms with Crippen molar-refractivity contribution in [3.8, 4) is 11.1 Å². The third-order valence-electron chi connectivity index (χ3n) is 3.45. The van der Waals surface area contributed by atoms with E-state index < -0.39 is 0 Å². The zero-order chi connectivity index (χ0) is 13.2. The third-order valence-corrected chi connectivity index (χ3v) is 4.24. The second-order valence-electron chi connectivity index (χ2n) is 4.68. The molecule has 3 rings (SSSR count). The zero-order valence-electron chi connectivity index (χ0n) is 10.7. The van der Waals surface area contributed by atoms with Gasteiger partial charge in [-0.3, -0.25) is 4.98 Å². The minimum Gasteiger partial charge on any atom is -0.382 e. The van der Waals surface area contributed by atoms with Crippen molar-refractivity contribution in [3.63, 3.8) is 0 Å². The Morgan fingerprint density at radius 2 is 2.11 bits per heavy atom. The SMILES string of the molecule is COC1CC(Nc2snc(N)c2-c2ccncc2)C1. The normalized spacial score (nSPS) is 21.9. The van der Waals surface area contributed by atoms with E-state index in [2.05, 4.69) is 14.7 Å². The van der Waals surface area contributed by atoms with Crippen LogP contribution in [0.3, 0.4) is 0 Å². The lowest BCUT2D eigenvalue weighted by atomic mass is 9.89. The molecule has 0 aliphatic heterocycles. The number of ether oxygens (including phenoxy) is 1. The quantitative estimate of drug-likeness (QED) is 0.897. The van der Waals surface area contributed by atoms with Crippen molar-refractivity contribution in [1.29, 1.82) is 0 Å². The molecule has 0 bridgehead atoms. The number of nitrogens with zero attached hydrogens (tertiary/aromatic N) is 2. The summed E-state index contributed by atoms with van der Waals surface area (Å²) >= 11 is 1.41. The van der Waals surface area contributed by atoms with Gasteiger partial charge in [-0.1, -0.05) is 0 Å². The van der Waals surface area contributed by atoms with Crippen LogP contribution in [-0.4, -0.2) is 28.6 Å². The molecule has 2 aromatic heterocycles. The summed E-state index contributed by atoms with van der Waals surface area (Å²) < 4.78 is 9.54. The first-order chi connectivity index (χ1) is 9.28. The molecule has 0 aromatic carbocycles. The summed E-state index contributed by atoms with van der Waals surface area (Å²) in [5.41, 5.74) is 8.00. The molecule has 5 nitrogen and oxygen atoms in total. The van der Waals surface area contributed by atoms with Crippen LogP contribution in [0.2, 0.25) is 0 Å². The highest BCUT2D eigenvalue weighted by Crippen LogP contribution is 2.38. The van der Waals surface area contributed by atoms with Crippen LogP contribution in [0.15, 0.2) is 24.5 Å². The van der Waals surface area contributed by atoms with Crippen LogP contribution in [0.4, 0.5) is 10.8 Å². The summed E-state index contributed by atoms with van der Waals surface area (Å²) in [6.07, 6.45) is 5.97. The minimum atomic E-state index is 0.382. The molecule has 0 radical (unpaired) electrons. The summed E-state index contributed by atoms with van der Waals surface area (Å²) in [5.74, 6) is 0.571. The number of nitrogens with one attached hydrogen (secondary N) is 1. The molecule has 0 amide bonds. The Morgan fingerprint density at radius 1 is 1.37 bits per heavy atom. The van der Waals surface area contributed by atoms with E-state index in [0.29, 0.717) is 18.0 Å². The average molecular weight is 276 g/mol. The van der Waals surface area contributed by atoms with Gasteiger partial charge in [-0.2, -0.15) is 4.37 Å². The van der Waals surface area contributed by atoms with Gasteiger partial charge < -0.3 is 15.8 Å². The van der Waals surface area contributed by atoms with Gasteiger partial charge in [0.05, 0.1) is 11.7 Å². The summed E-state index contributed by atoms with van der Waals surface area (Å²) in [7, 11) is 1.76. The van der Waals surface area contributed by atoms with E-state index in [1.54, 1.807) is 19.5 Å². The molecule has 6 heteroatoms. The molecule has 0 unspecified atom stereocenters. The molecule has 0 spiro atoms. The van der Waals surface area contributed by atoms with Crippen LogP contribution in [0.1, 0.15) is 12.8 Å². The molecule has 1 fully saturated rings. The Kier molecular flexibility index (Phi) is 3.35. The van der Waals surface area contributed by atoms with Gasteiger partial charge in [0.1, 0.15) is 10.8 Å². The number of rotatable bonds is 4. The molecule has 100 valence electrons. The molecule has 0 saturated heterocycles. The van der Waals surface area contributed by atoms with Crippen molar-refractivity contribution >= 4 is 22.4 Å². The molecule has 1 saturated carbocycles. The molecule has 19 heavy (non-hydrogen) atoms. The molecule has 2 heterocycles. The molecular formula is C13H16N4OS. The predicted octanol–water partition coefficient (Wildman–Crippen LogP) is 2.38. The van der Waals surface area contributed by atoms with Gasteiger partial charge in [0, 0.05) is 25.5 Å². The van der Waals surface area contributed by atoms with Gasteiger partial charge in [0.2, 0.25) is 0 Å². The fraction of sp³-hybridized carbons (Fsp3) is 0.385. The Bertz CT molecular complexity index is 551. The second kappa shape index (κ2) is 5.14. The first kappa shape index (κ1) is 12.4. The van der Waals surface area contributed by atoms with Crippen LogP contribution in [0.5, 0.6) is 0 Å². The Hall–Kier alpha value is -1.66. The van der Waals surface area contributed by atoms with Gasteiger partial charge in [0.25, 0.3) is 0 Å². The summed E-state index contributed by atoms with van der Waals surface area (Å²) in [5, 5.41) is 4.54. The Labute approximate surface area is 116 Å². The van der Waals surface area contributed by atoms with Gasteiger partial charge in [-0.05, 0) is 42.1 Å². The van der Waals surface area contributed by atoms with Gasteiger partial charge in [-0.15, -0.1) is 0 Å². The summed E-state index contributed by atoms with van der Waals surface area (Å²) in [6.45, 7) is 0. The van der Waals surface area contributed by atoms with Gasteiger partial charge in [-0.25, -0.2) is 0 Å². The molecule has 1 aliphatic carbocycles. The van der Waals surface area contributed by atoms with Crippen molar-refractivity contribution in [2.45, 2.75) is 25.0 Å². The smallest absolute Gasteiger partial charge is 0.147 e. The first-order valence-electron chi connectivity index (χ1n) is 6.23. The van der Waals surface area contributed by atoms with E-state index in [0.717, 1.165) is 29.0 Å². The number of aromatic nitrogens is 2. The molecule has 2 aromatic rings. The van der Waals surface area contributed by atoms with E-state index in [1.165, 1.54) is 11.5 Å². The van der Waals surface area contributed by atoms with Crippen molar-refractivity contribution in [3.05, 3.63) is 24.5 Å². The maximum absolute atomic E-state index is 5.98. The number of hydrogen-bond acceptors (Lipinski definition) is 6. The third kappa shape index (κ3) is 2.41. The minimum absolute atomic E-state index is 0.382. The number of methoxy groups -OCH3 is 1. The standard InChI is InChI=1S/C13H16N4OS/c1-18-10-6-9(7-10)16-13-11(12(14)17-19-13)8-2-4-15-5-3-8/h2-5,9-10,16H,6-7H2,1H3,(H2,14,17). The van der Waals surface area contributed by atoms with Crippen LogP contribution in [-0.2, 0) is 4.74 Å². The summed E-state index contributed by atoms with van der Waals surface area (Å²) in [6, 6.07) is 4.35. The van der Waals surface area contributed by atoms with Crippen molar-refractivity contribution in [1.82, 2.24) is 9.36 Å². The van der Waals surface area contributed by atoms with Gasteiger partial charge in [0.15, 0.2) is 0 Å². The van der Waals surface area contributed by atoms with Gasteiger partial charge >= 0.3 is 0 Å². The maximum atomic E-state index is 5.98. The van der Waals surface area contributed by atoms with Crippen molar-refractivity contribution in [2.24, 2.45) is 0 Å². The number of nitrogens with two attached hydrogens (primary N) is 1. The fourth-order valence-corrected chi connectivity index (χ4v) is 3.07.